The highest BCUT2D eigenvalue weighted by Gasteiger charge is 2.50. The third kappa shape index (κ3) is 5.01. The van der Waals surface area contributed by atoms with Crippen molar-refractivity contribution in [1.29, 1.82) is 5.41 Å². The molecular weight excluding hydrogens is 460 g/mol. The summed E-state index contributed by atoms with van der Waals surface area (Å²) in [6.07, 6.45) is 2.74. The molecule has 5 rings (SSSR count). The van der Waals surface area contributed by atoms with Gasteiger partial charge in [-0.1, -0.05) is 0 Å². The molecule has 2 aliphatic rings. The number of nitrogens with one attached hydrogen (secondary N) is 3. The molecule has 186 valence electrons. The van der Waals surface area contributed by atoms with Crippen molar-refractivity contribution in [1.82, 2.24) is 15.4 Å². The topological polar surface area (TPSA) is 146 Å². The van der Waals surface area contributed by atoms with Crippen LogP contribution >= 0.6 is 0 Å². The van der Waals surface area contributed by atoms with Crippen molar-refractivity contribution >= 4 is 23.3 Å². The maximum atomic E-state index is 7.67. The van der Waals surface area contributed by atoms with Gasteiger partial charge in [0.25, 0.3) is 0 Å². The molecule has 0 radical (unpaired) electrons. The number of hydrazine groups is 1. The Balaban J connectivity index is 1.53. The number of aliphatic imine (C=N–C) groups is 1. The zero-order valence-electron chi connectivity index (χ0n) is 20.0. The molecule has 11 heteroatoms. The number of hydrogen-bond donors (Lipinski definition) is 4. The number of aromatic nitrogens is 2. The minimum absolute atomic E-state index is 0.0117. The number of benzene rings is 2. The molecule has 0 amide bonds. The van der Waals surface area contributed by atoms with Gasteiger partial charge in [0.1, 0.15) is 29.2 Å². The third-order valence-electron chi connectivity index (χ3n) is 5.61. The second kappa shape index (κ2) is 10.1. The van der Waals surface area contributed by atoms with Crippen LogP contribution in [0.3, 0.4) is 0 Å². The van der Waals surface area contributed by atoms with Crippen molar-refractivity contribution in [2.75, 3.05) is 23.5 Å². The fourth-order valence-electron chi connectivity index (χ4n) is 3.93. The summed E-state index contributed by atoms with van der Waals surface area (Å²) >= 11 is 0. The van der Waals surface area contributed by atoms with E-state index >= 15 is 0 Å². The predicted molar refractivity (Wildman–Crippen MR) is 136 cm³/mol. The van der Waals surface area contributed by atoms with Crippen LogP contribution in [-0.4, -0.2) is 47.3 Å². The van der Waals surface area contributed by atoms with Gasteiger partial charge in [0.15, 0.2) is 6.23 Å². The van der Waals surface area contributed by atoms with Crippen molar-refractivity contribution in [3.63, 3.8) is 0 Å². The number of fused-ring (bicyclic) bond motifs is 1. The number of hydrogen-bond acceptors (Lipinski definition) is 10. The molecule has 1 fully saturated rings. The summed E-state index contributed by atoms with van der Waals surface area (Å²) in [6, 6.07) is 14.5. The molecule has 0 spiro atoms. The summed E-state index contributed by atoms with van der Waals surface area (Å²) in [5.74, 6) is 2.50. The van der Waals surface area contributed by atoms with Gasteiger partial charge in [-0.2, -0.15) is 0 Å². The van der Waals surface area contributed by atoms with Gasteiger partial charge in [0, 0.05) is 29.7 Å². The first-order valence-corrected chi connectivity index (χ1v) is 11.7. The zero-order chi connectivity index (χ0) is 25.1. The van der Waals surface area contributed by atoms with Gasteiger partial charge in [-0.3, -0.25) is 10.8 Å². The van der Waals surface area contributed by atoms with Gasteiger partial charge in [0.2, 0.25) is 12.2 Å². The van der Waals surface area contributed by atoms with E-state index in [9.17, 15) is 0 Å². The first-order valence-electron chi connectivity index (χ1n) is 11.7. The maximum absolute atomic E-state index is 7.67. The lowest BCUT2D eigenvalue weighted by Gasteiger charge is -2.31. The Bertz CT molecular complexity index is 1230. The smallest absolute Gasteiger partial charge is 0.246 e. The predicted octanol–water partition coefficient (Wildman–Crippen LogP) is 2.82. The molecule has 0 aliphatic carbocycles. The molecule has 0 saturated carbocycles. The van der Waals surface area contributed by atoms with Crippen LogP contribution < -0.4 is 31.0 Å². The monoisotopic (exact) mass is 488 g/mol. The highest BCUT2D eigenvalue weighted by Crippen LogP contribution is 2.35. The lowest BCUT2D eigenvalue weighted by Crippen LogP contribution is -2.51. The molecule has 1 saturated heterocycles. The van der Waals surface area contributed by atoms with Gasteiger partial charge >= 0.3 is 0 Å². The number of amidine groups is 2. The molecule has 2 aliphatic heterocycles. The first-order chi connectivity index (χ1) is 17.6. The summed E-state index contributed by atoms with van der Waals surface area (Å²) in [6.45, 7) is 4.92. The van der Waals surface area contributed by atoms with Gasteiger partial charge in [-0.15, -0.1) is 0 Å². The largest absolute Gasteiger partial charge is 0.494 e. The van der Waals surface area contributed by atoms with E-state index in [0.717, 1.165) is 11.3 Å². The van der Waals surface area contributed by atoms with Crippen molar-refractivity contribution < 1.29 is 14.2 Å². The number of nitrogens with zero attached hydrogens (tertiary/aromatic N) is 4. The SMILES string of the molecule is CCOc1cc(OCC)cc(C(Nc2ccc(C(=N)N)cc2)C2=NC3OC3N(c3ncccn3)N2)c1. The molecule has 1 aromatic heterocycles. The van der Waals surface area contributed by atoms with Crippen LogP contribution in [0.5, 0.6) is 11.5 Å². The van der Waals surface area contributed by atoms with E-state index in [2.05, 4.69) is 20.7 Å². The highest BCUT2D eigenvalue weighted by atomic mass is 16.6. The Labute approximate surface area is 208 Å². The van der Waals surface area contributed by atoms with Gasteiger partial charge in [-0.05, 0) is 61.9 Å². The average Bonchev–Trinajstić information content (AvgIpc) is 3.67. The van der Waals surface area contributed by atoms with Crippen molar-refractivity contribution in [2.45, 2.75) is 32.3 Å². The second-order valence-electron chi connectivity index (χ2n) is 8.13. The van der Waals surface area contributed by atoms with E-state index in [1.165, 1.54) is 0 Å². The number of nitrogens with two attached hydrogens (primary N) is 1. The van der Waals surface area contributed by atoms with Gasteiger partial charge in [-0.25, -0.2) is 20.0 Å². The van der Waals surface area contributed by atoms with Crippen LogP contribution in [-0.2, 0) is 4.74 Å². The van der Waals surface area contributed by atoms with Gasteiger partial charge < -0.3 is 25.3 Å². The maximum Gasteiger partial charge on any atom is 0.246 e. The van der Waals surface area contributed by atoms with E-state index in [4.69, 9.17) is 30.3 Å². The van der Waals surface area contributed by atoms with Crippen molar-refractivity contribution in [3.05, 3.63) is 72.1 Å². The Hall–Kier alpha value is -4.38. The Kier molecular flexibility index (Phi) is 6.54. The summed E-state index contributed by atoms with van der Waals surface area (Å²) < 4.78 is 17.4. The molecule has 36 heavy (non-hydrogen) atoms. The minimum atomic E-state index is -0.427. The molecule has 5 N–H and O–H groups in total. The summed E-state index contributed by atoms with van der Waals surface area (Å²) in [4.78, 5) is 13.5. The quantitative estimate of drug-likeness (QED) is 0.192. The normalized spacial score (nSPS) is 18.8. The molecular formula is C25H28N8O3. The van der Waals surface area contributed by atoms with E-state index in [1.54, 1.807) is 35.6 Å². The van der Waals surface area contributed by atoms with E-state index in [0.29, 0.717) is 42.1 Å². The lowest BCUT2D eigenvalue weighted by molar-refractivity contribution is 0.322. The van der Waals surface area contributed by atoms with E-state index < -0.39 is 6.04 Å². The fraction of sp³-hybridized carbons (Fsp3) is 0.280. The van der Waals surface area contributed by atoms with Crippen LogP contribution in [0.2, 0.25) is 0 Å². The molecule has 3 heterocycles. The standard InChI is InChI=1S/C25H28N8O3/c1-3-34-18-12-16(13-19(14-18)35-4-2)20(30-17-8-6-15(7-9-17)21(26)27)22-31-23-24(36-23)33(32-22)25-28-10-5-11-29-25/h5-14,20,23-24,30H,3-4H2,1-2H3,(H3,26,27)(H,31,32). The third-order valence-corrected chi connectivity index (χ3v) is 5.61. The molecule has 3 atom stereocenters. The molecule has 11 nitrogen and oxygen atoms in total. The van der Waals surface area contributed by atoms with Crippen LogP contribution in [0.25, 0.3) is 0 Å². The molecule has 2 aromatic carbocycles. The van der Waals surface area contributed by atoms with E-state index in [1.807, 2.05) is 44.2 Å². The summed E-state index contributed by atoms with van der Waals surface area (Å²) in [5.41, 5.74) is 11.3. The number of nitrogen functional groups attached to an aromatic ring is 1. The van der Waals surface area contributed by atoms with Crippen molar-refractivity contribution in [3.8, 4) is 11.5 Å². The van der Waals surface area contributed by atoms with Crippen LogP contribution in [0.4, 0.5) is 11.6 Å². The average molecular weight is 489 g/mol. The highest BCUT2D eigenvalue weighted by molar-refractivity contribution is 5.96. The first kappa shape index (κ1) is 23.4. The Morgan fingerprint density at radius 1 is 1.11 bits per heavy atom. The molecule has 3 unspecified atom stereocenters. The van der Waals surface area contributed by atoms with Gasteiger partial charge in [0.05, 0.1) is 13.2 Å². The summed E-state index contributed by atoms with van der Waals surface area (Å²) in [5, 5.41) is 13.0. The minimum Gasteiger partial charge on any atom is -0.494 e. The lowest BCUT2D eigenvalue weighted by atomic mass is 10.0. The van der Waals surface area contributed by atoms with E-state index in [-0.39, 0.29) is 18.3 Å². The number of rotatable bonds is 10. The van der Waals surface area contributed by atoms with Crippen LogP contribution in [0.15, 0.2) is 65.9 Å². The zero-order valence-corrected chi connectivity index (χ0v) is 20.0. The Morgan fingerprint density at radius 2 is 1.78 bits per heavy atom. The second-order valence-corrected chi connectivity index (χ2v) is 8.13. The fourth-order valence-corrected chi connectivity index (χ4v) is 3.93. The van der Waals surface area contributed by atoms with Crippen LogP contribution in [0.1, 0.15) is 31.0 Å². The molecule has 3 aromatic rings. The Morgan fingerprint density at radius 3 is 2.39 bits per heavy atom. The van der Waals surface area contributed by atoms with Crippen LogP contribution in [0, 0.1) is 5.41 Å². The number of anilines is 2. The number of epoxide rings is 1. The summed E-state index contributed by atoms with van der Waals surface area (Å²) in [7, 11) is 0. The number of ether oxygens (including phenoxy) is 3. The molecule has 0 bridgehead atoms. The van der Waals surface area contributed by atoms with Crippen molar-refractivity contribution in [2.24, 2.45) is 10.7 Å².